The second-order valence-corrected chi connectivity index (χ2v) is 8.57. The number of para-hydroxylation sites is 1. The zero-order valence-electron chi connectivity index (χ0n) is 16.4. The lowest BCUT2D eigenvalue weighted by molar-refractivity contribution is -0.127. The van der Waals surface area contributed by atoms with E-state index in [1.54, 1.807) is 0 Å². The third kappa shape index (κ3) is 4.85. The molecule has 1 aromatic carbocycles. The first-order valence-electron chi connectivity index (χ1n) is 10.2. The van der Waals surface area contributed by atoms with Crippen LogP contribution >= 0.6 is 11.8 Å². The molecule has 1 saturated heterocycles. The number of nitrogens with zero attached hydrogens (tertiary/aromatic N) is 2. The first kappa shape index (κ1) is 20.2. The van der Waals surface area contributed by atoms with Crippen molar-refractivity contribution in [3.63, 3.8) is 0 Å². The molecule has 0 saturated carbocycles. The Morgan fingerprint density at radius 2 is 1.96 bits per heavy atom. The Bertz CT molecular complexity index is 659. The monoisotopic (exact) mass is 389 g/mol. The van der Waals surface area contributed by atoms with Crippen LogP contribution in [0.5, 0.6) is 0 Å². The average molecular weight is 390 g/mol. The Morgan fingerprint density at radius 3 is 2.70 bits per heavy atom. The molecule has 148 valence electrons. The van der Waals surface area contributed by atoms with E-state index in [0.29, 0.717) is 0 Å². The zero-order chi connectivity index (χ0) is 19.2. The van der Waals surface area contributed by atoms with Gasteiger partial charge >= 0.3 is 0 Å². The number of nitrogens with one attached hydrogen (secondary N) is 1. The Hall–Kier alpha value is -1.53. The molecule has 1 atom stereocenters. The molecule has 0 aromatic heterocycles. The van der Waals surface area contributed by atoms with Crippen molar-refractivity contribution in [2.45, 2.75) is 50.5 Å². The number of anilines is 1. The summed E-state index contributed by atoms with van der Waals surface area (Å²) in [5, 5.41) is 3.05. The third-order valence-corrected chi connectivity index (χ3v) is 6.67. The Morgan fingerprint density at radius 1 is 1.22 bits per heavy atom. The van der Waals surface area contributed by atoms with Gasteiger partial charge in [-0.1, -0.05) is 25.5 Å². The first-order chi connectivity index (χ1) is 13.1. The van der Waals surface area contributed by atoms with Crippen molar-refractivity contribution < 1.29 is 9.59 Å². The number of likely N-dealkylation sites (tertiary alicyclic amines) is 1. The van der Waals surface area contributed by atoms with Crippen molar-refractivity contribution in [3.8, 4) is 0 Å². The molecule has 0 bridgehead atoms. The lowest BCUT2D eigenvalue weighted by atomic mass is 9.94. The van der Waals surface area contributed by atoms with Crippen LogP contribution < -0.4 is 10.2 Å². The highest BCUT2D eigenvalue weighted by molar-refractivity contribution is 7.99. The van der Waals surface area contributed by atoms with E-state index in [1.807, 2.05) is 41.8 Å². The predicted molar refractivity (Wildman–Crippen MR) is 111 cm³/mol. The average Bonchev–Trinajstić information content (AvgIpc) is 2.72. The van der Waals surface area contributed by atoms with Crippen LogP contribution in [-0.4, -0.2) is 54.7 Å². The smallest absolute Gasteiger partial charge is 0.244 e. The Balaban J connectivity index is 1.54. The highest BCUT2D eigenvalue weighted by Crippen LogP contribution is 2.35. The van der Waals surface area contributed by atoms with Crippen molar-refractivity contribution in [1.29, 1.82) is 0 Å². The molecule has 2 amide bonds. The lowest BCUT2D eigenvalue weighted by Gasteiger charge is -2.38. The van der Waals surface area contributed by atoms with Gasteiger partial charge in [-0.25, -0.2) is 0 Å². The fraction of sp³-hybridized carbons (Fsp3) is 0.619. The number of carbonyl (C=O) groups excluding carboxylic acids is 2. The van der Waals surface area contributed by atoms with Gasteiger partial charge in [0, 0.05) is 29.7 Å². The minimum atomic E-state index is -0.148. The largest absolute Gasteiger partial charge is 0.356 e. The number of unbranched alkanes of at least 4 members (excludes halogenated alkanes) is 1. The van der Waals surface area contributed by atoms with Gasteiger partial charge < -0.3 is 10.2 Å². The molecular formula is C21H31N3O2S. The Labute approximate surface area is 166 Å². The van der Waals surface area contributed by atoms with Crippen molar-refractivity contribution >= 4 is 29.3 Å². The number of fused-ring (bicyclic) bond motifs is 1. The summed E-state index contributed by atoms with van der Waals surface area (Å²) < 4.78 is 0. The molecule has 0 radical (unpaired) electrons. The summed E-state index contributed by atoms with van der Waals surface area (Å²) in [6.45, 7) is 7.29. The third-order valence-electron chi connectivity index (χ3n) is 5.63. The summed E-state index contributed by atoms with van der Waals surface area (Å²) in [5.74, 6) is 1.39. The minimum absolute atomic E-state index is 0.0903. The second-order valence-electron chi connectivity index (χ2n) is 7.44. The van der Waals surface area contributed by atoms with Crippen molar-refractivity contribution in [2.24, 2.45) is 5.92 Å². The summed E-state index contributed by atoms with van der Waals surface area (Å²) in [5.41, 5.74) is 1.04. The summed E-state index contributed by atoms with van der Waals surface area (Å²) >= 11 is 1.82. The fourth-order valence-electron chi connectivity index (χ4n) is 3.86. The van der Waals surface area contributed by atoms with Crippen molar-refractivity contribution in [1.82, 2.24) is 10.2 Å². The highest BCUT2D eigenvalue weighted by Gasteiger charge is 2.33. The molecule has 2 aliphatic heterocycles. The van der Waals surface area contributed by atoms with E-state index >= 15 is 0 Å². The quantitative estimate of drug-likeness (QED) is 0.760. The summed E-state index contributed by atoms with van der Waals surface area (Å²) in [4.78, 5) is 30.8. The lowest BCUT2D eigenvalue weighted by Crippen LogP contribution is -2.52. The van der Waals surface area contributed by atoms with Gasteiger partial charge in [-0.3, -0.25) is 14.5 Å². The van der Waals surface area contributed by atoms with Crippen LogP contribution in [0, 0.1) is 5.92 Å². The number of amides is 2. The predicted octanol–water partition coefficient (Wildman–Crippen LogP) is 3.14. The standard InChI is InChI=1S/C21H31N3O2S/c1-3-4-11-22-20(25)17-9-12-23(13-10-17)16(2)21(26)24-14-15-27-19-8-6-5-7-18(19)24/h5-8,16-17H,3-4,9-15H2,1-2H3,(H,22,25). The van der Waals surface area contributed by atoms with E-state index in [2.05, 4.69) is 23.2 Å². The molecule has 27 heavy (non-hydrogen) atoms. The van der Waals surface area contributed by atoms with Crippen molar-refractivity contribution in [2.75, 3.05) is 36.8 Å². The van der Waals surface area contributed by atoms with Gasteiger partial charge in [-0.2, -0.15) is 0 Å². The van der Waals surface area contributed by atoms with Gasteiger partial charge in [0.15, 0.2) is 0 Å². The number of hydrogen-bond acceptors (Lipinski definition) is 4. The first-order valence-corrected chi connectivity index (χ1v) is 11.1. The van der Waals surface area contributed by atoms with Gasteiger partial charge in [-0.15, -0.1) is 11.8 Å². The molecule has 0 aliphatic carbocycles. The van der Waals surface area contributed by atoms with Crippen LogP contribution in [0.15, 0.2) is 29.2 Å². The zero-order valence-corrected chi connectivity index (χ0v) is 17.3. The maximum atomic E-state index is 13.1. The summed E-state index contributed by atoms with van der Waals surface area (Å²) in [7, 11) is 0. The topological polar surface area (TPSA) is 52.7 Å². The Kier molecular flexibility index (Phi) is 7.19. The highest BCUT2D eigenvalue weighted by atomic mass is 32.2. The number of hydrogen-bond donors (Lipinski definition) is 1. The fourth-order valence-corrected chi connectivity index (χ4v) is 4.86. The van der Waals surface area contributed by atoms with Crippen LogP contribution in [0.25, 0.3) is 0 Å². The molecule has 1 aromatic rings. The van der Waals surface area contributed by atoms with Crippen molar-refractivity contribution in [3.05, 3.63) is 24.3 Å². The number of rotatable bonds is 6. The maximum Gasteiger partial charge on any atom is 0.244 e. The summed E-state index contributed by atoms with van der Waals surface area (Å²) in [6, 6.07) is 8.01. The van der Waals surface area contributed by atoms with Crippen LogP contribution in [0.3, 0.4) is 0 Å². The molecule has 1 fully saturated rings. The normalized spacial score (nSPS) is 19.4. The van der Waals surface area contributed by atoms with E-state index in [4.69, 9.17) is 0 Å². The van der Waals surface area contributed by atoms with Crippen LogP contribution in [-0.2, 0) is 9.59 Å². The van der Waals surface area contributed by atoms with E-state index in [0.717, 1.165) is 63.3 Å². The maximum absolute atomic E-state index is 13.1. The van der Waals surface area contributed by atoms with Crippen LogP contribution in [0.2, 0.25) is 0 Å². The minimum Gasteiger partial charge on any atom is -0.356 e. The number of thioether (sulfide) groups is 1. The van der Waals surface area contributed by atoms with Gasteiger partial charge in [0.25, 0.3) is 0 Å². The van der Waals surface area contributed by atoms with Gasteiger partial charge in [-0.05, 0) is 51.4 Å². The van der Waals surface area contributed by atoms with E-state index in [1.165, 1.54) is 4.90 Å². The van der Waals surface area contributed by atoms with E-state index in [-0.39, 0.29) is 23.8 Å². The summed E-state index contributed by atoms with van der Waals surface area (Å²) in [6.07, 6.45) is 3.80. The SMILES string of the molecule is CCCCNC(=O)C1CCN(C(C)C(=O)N2CCSc3ccccc32)CC1. The molecule has 1 unspecified atom stereocenters. The molecule has 0 spiro atoms. The number of carbonyl (C=O) groups is 2. The van der Waals surface area contributed by atoms with Gasteiger partial charge in [0.2, 0.25) is 11.8 Å². The molecule has 2 aliphatic rings. The second kappa shape index (κ2) is 9.60. The van der Waals surface area contributed by atoms with Crippen LogP contribution in [0.4, 0.5) is 5.69 Å². The molecule has 6 heteroatoms. The van der Waals surface area contributed by atoms with E-state index < -0.39 is 0 Å². The number of piperidine rings is 1. The molecule has 1 N–H and O–H groups in total. The van der Waals surface area contributed by atoms with Gasteiger partial charge in [0.05, 0.1) is 11.7 Å². The molecule has 2 heterocycles. The molecular weight excluding hydrogens is 358 g/mol. The van der Waals surface area contributed by atoms with Gasteiger partial charge in [0.1, 0.15) is 0 Å². The number of benzene rings is 1. The molecule has 3 rings (SSSR count). The van der Waals surface area contributed by atoms with Crippen LogP contribution in [0.1, 0.15) is 39.5 Å². The van der Waals surface area contributed by atoms with E-state index in [9.17, 15) is 9.59 Å². The molecule has 5 nitrogen and oxygen atoms in total.